The van der Waals surface area contributed by atoms with Crippen LogP contribution >= 0.6 is 11.6 Å². The van der Waals surface area contributed by atoms with E-state index in [1.54, 1.807) is 13.8 Å². The lowest BCUT2D eigenvalue weighted by Gasteiger charge is -2.58. The maximum atomic E-state index is 14.8. The first-order valence-electron chi connectivity index (χ1n) is 16.5. The van der Waals surface area contributed by atoms with Crippen molar-refractivity contribution in [2.75, 3.05) is 37.0 Å². The van der Waals surface area contributed by atoms with Crippen LogP contribution in [-0.4, -0.2) is 92.0 Å². The molecule has 2 saturated carbocycles. The predicted octanol–water partition coefficient (Wildman–Crippen LogP) is 5.88. The molecule has 7 rings (SSSR count). The van der Waals surface area contributed by atoms with Crippen LogP contribution in [0.1, 0.15) is 67.6 Å². The minimum Gasteiger partial charge on any atom is -0.490 e. The lowest BCUT2D eigenvalue weighted by molar-refractivity contribution is -0.120. The third-order valence-corrected chi connectivity index (χ3v) is 10.1. The van der Waals surface area contributed by atoms with E-state index in [9.17, 15) is 18.0 Å². The average molecular weight is 686 g/mol. The van der Waals surface area contributed by atoms with Crippen molar-refractivity contribution in [2.45, 2.75) is 83.0 Å². The fourth-order valence-electron chi connectivity index (χ4n) is 7.59. The topological polar surface area (TPSA) is 96.8 Å². The van der Waals surface area contributed by atoms with Crippen molar-refractivity contribution in [2.24, 2.45) is 5.41 Å². The Bertz CT molecular complexity index is 1660. The number of hydrogen-bond donors (Lipinski definition) is 0. The summed E-state index contributed by atoms with van der Waals surface area (Å²) in [5, 5.41) is 7.99. The first kappa shape index (κ1) is 32.8. The van der Waals surface area contributed by atoms with Gasteiger partial charge in [-0.3, -0.25) is 14.7 Å². The van der Waals surface area contributed by atoms with E-state index >= 15 is 0 Å². The van der Waals surface area contributed by atoms with Crippen molar-refractivity contribution in [1.82, 2.24) is 30.0 Å². The number of hydrogen-bond acceptors (Lipinski definition) is 9. The number of halogens is 4. The van der Waals surface area contributed by atoms with E-state index in [0.717, 1.165) is 82.0 Å². The van der Waals surface area contributed by atoms with Crippen LogP contribution in [0.25, 0.3) is 0 Å². The minimum atomic E-state index is -2.79. The molecule has 1 spiro atoms. The molecule has 4 heterocycles. The van der Waals surface area contributed by atoms with E-state index in [1.807, 2.05) is 17.2 Å². The molecule has 48 heavy (non-hydrogen) atoms. The monoisotopic (exact) mass is 685 g/mol. The molecule has 0 bridgehead atoms. The van der Waals surface area contributed by atoms with Gasteiger partial charge in [-0.1, -0.05) is 0 Å². The quantitative estimate of drug-likeness (QED) is 0.229. The first-order valence-corrected chi connectivity index (χ1v) is 17.1. The number of carbonyl (C=O) groups is 1. The molecule has 14 heteroatoms. The molecule has 2 aliphatic heterocycles. The molecule has 3 aromatic rings. The van der Waals surface area contributed by atoms with Crippen LogP contribution in [0, 0.1) is 11.2 Å². The van der Waals surface area contributed by atoms with Gasteiger partial charge in [0.2, 0.25) is 0 Å². The van der Waals surface area contributed by atoms with Crippen molar-refractivity contribution >= 4 is 23.3 Å². The molecular formula is C34H39ClF3N7O3. The van der Waals surface area contributed by atoms with E-state index in [2.05, 4.69) is 25.1 Å². The second-order valence-corrected chi connectivity index (χ2v) is 14.3. The van der Waals surface area contributed by atoms with Gasteiger partial charge in [0.05, 0.1) is 0 Å². The number of amides is 1. The van der Waals surface area contributed by atoms with Gasteiger partial charge >= 0.3 is 0 Å². The van der Waals surface area contributed by atoms with Crippen molar-refractivity contribution in [3.8, 4) is 17.4 Å². The number of alkyl halides is 3. The normalized spacial score (nSPS) is 20.1. The molecule has 0 N–H and O–H groups in total. The number of carbonyl (C=O) groups excluding carboxylic acids is 1. The minimum absolute atomic E-state index is 0.00848. The Balaban J connectivity index is 0.981. The van der Waals surface area contributed by atoms with Crippen LogP contribution in [0.15, 0.2) is 36.8 Å². The van der Waals surface area contributed by atoms with Crippen molar-refractivity contribution in [1.29, 1.82) is 0 Å². The summed E-state index contributed by atoms with van der Waals surface area (Å²) in [7, 11) is 0. The lowest BCUT2D eigenvalue weighted by atomic mass is 9.61. The molecule has 256 valence electrons. The van der Waals surface area contributed by atoms with E-state index in [1.165, 1.54) is 22.9 Å². The summed E-state index contributed by atoms with van der Waals surface area (Å²) in [6.45, 7) is 7.72. The third-order valence-electron chi connectivity index (χ3n) is 9.88. The summed E-state index contributed by atoms with van der Waals surface area (Å²) in [6, 6.07) is 4.64. The molecule has 0 radical (unpaired) electrons. The van der Waals surface area contributed by atoms with Gasteiger partial charge < -0.3 is 19.3 Å². The predicted molar refractivity (Wildman–Crippen MR) is 172 cm³/mol. The smallest absolute Gasteiger partial charge is 0.282 e. The highest BCUT2D eigenvalue weighted by atomic mass is 35.5. The second kappa shape index (κ2) is 13.0. The van der Waals surface area contributed by atoms with Gasteiger partial charge in [-0.2, -0.15) is 0 Å². The maximum Gasteiger partial charge on any atom is 0.282 e. The van der Waals surface area contributed by atoms with E-state index in [4.69, 9.17) is 21.1 Å². The van der Waals surface area contributed by atoms with E-state index in [0.29, 0.717) is 11.7 Å². The first-order chi connectivity index (χ1) is 23.0. The highest BCUT2D eigenvalue weighted by molar-refractivity contribution is 6.17. The molecule has 1 saturated heterocycles. The average Bonchev–Trinajstić information content (AvgIpc) is 2.99. The summed E-state index contributed by atoms with van der Waals surface area (Å²) in [6.07, 6.45) is 6.12. The highest BCUT2D eigenvalue weighted by Gasteiger charge is 2.55. The zero-order valence-corrected chi connectivity index (χ0v) is 27.8. The summed E-state index contributed by atoms with van der Waals surface area (Å²) >= 11 is 5.92. The van der Waals surface area contributed by atoms with Crippen molar-refractivity contribution in [3.63, 3.8) is 0 Å². The van der Waals surface area contributed by atoms with Crippen LogP contribution < -0.4 is 14.4 Å². The standard InChI is InChI=1S/C34H39ClF3N7O3/c1-21(2)45(24-13-34(37,38)14-24)32(46)22-10-23(36)12-25(11-22)48-31-30(40-20-41-42-31)44-18-33(19-44)15-26(16-33)47-29-4-7-39-28-5-9-43(8-3-6-35)17-27(28)29/h4,7,10-12,20-21,24,26H,3,5-6,8-9,13-19H2,1-2H3. The highest BCUT2D eigenvalue weighted by Crippen LogP contribution is 2.52. The van der Waals surface area contributed by atoms with Gasteiger partial charge in [0.15, 0.2) is 5.82 Å². The SMILES string of the molecule is CC(C)N(C(=O)c1cc(F)cc(Oc2nncnc2N2CC3(CC(Oc4ccnc5c4CN(CCCCl)CC5)C3)C2)c1)C1CC(F)(F)C1. The number of aromatic nitrogens is 4. The lowest BCUT2D eigenvalue weighted by Crippen LogP contribution is -2.65. The van der Waals surface area contributed by atoms with Crippen LogP contribution in [0.5, 0.6) is 17.4 Å². The molecule has 1 aromatic carbocycles. The fourth-order valence-corrected chi connectivity index (χ4v) is 7.71. The molecule has 10 nitrogen and oxygen atoms in total. The van der Waals surface area contributed by atoms with E-state index < -0.39 is 36.5 Å². The number of anilines is 1. The summed E-state index contributed by atoms with van der Waals surface area (Å²) in [4.78, 5) is 28.2. The molecule has 1 amide bonds. The second-order valence-electron chi connectivity index (χ2n) is 13.9. The van der Waals surface area contributed by atoms with Gasteiger partial charge in [0.25, 0.3) is 17.7 Å². The Labute approximate surface area is 282 Å². The molecule has 3 fully saturated rings. The number of fused-ring (bicyclic) bond motifs is 1. The zero-order chi connectivity index (χ0) is 33.6. The summed E-state index contributed by atoms with van der Waals surface area (Å²) < 4.78 is 54.5. The van der Waals surface area contributed by atoms with Gasteiger partial charge in [0.1, 0.15) is 29.7 Å². The van der Waals surface area contributed by atoms with Gasteiger partial charge in [-0.15, -0.1) is 21.8 Å². The van der Waals surface area contributed by atoms with Gasteiger partial charge in [-0.05, 0) is 57.9 Å². The molecule has 0 atom stereocenters. The number of ether oxygens (including phenoxy) is 2. The zero-order valence-electron chi connectivity index (χ0n) is 27.0. The van der Waals surface area contributed by atoms with Gasteiger partial charge in [0, 0.05) is 97.9 Å². The molecule has 4 aliphatic rings. The Morgan fingerprint density at radius 3 is 2.67 bits per heavy atom. The fraction of sp³-hybridized carbons (Fsp3) is 0.559. The molecular weight excluding hydrogens is 647 g/mol. The largest absolute Gasteiger partial charge is 0.490 e. The molecule has 0 unspecified atom stereocenters. The number of nitrogens with zero attached hydrogens (tertiary/aromatic N) is 7. The summed E-state index contributed by atoms with van der Waals surface area (Å²) in [5.41, 5.74) is 2.38. The number of rotatable bonds is 11. The number of benzene rings is 1. The third kappa shape index (κ3) is 6.63. The van der Waals surface area contributed by atoms with E-state index in [-0.39, 0.29) is 34.8 Å². The van der Waals surface area contributed by atoms with Crippen LogP contribution in [0.4, 0.5) is 19.0 Å². The maximum absolute atomic E-state index is 14.8. The summed E-state index contributed by atoms with van der Waals surface area (Å²) in [5.74, 6) is -1.86. The Kier molecular flexibility index (Phi) is 8.86. The van der Waals surface area contributed by atoms with Crippen molar-refractivity contribution in [3.05, 3.63) is 59.4 Å². The molecule has 2 aromatic heterocycles. The molecule has 2 aliphatic carbocycles. The van der Waals surface area contributed by atoms with Crippen LogP contribution in [0.2, 0.25) is 0 Å². The number of pyridine rings is 1. The van der Waals surface area contributed by atoms with Gasteiger partial charge in [-0.25, -0.2) is 18.2 Å². The Hall–Kier alpha value is -3.71. The van der Waals surface area contributed by atoms with Crippen LogP contribution in [0.3, 0.4) is 0 Å². The Morgan fingerprint density at radius 1 is 1.15 bits per heavy atom. The Morgan fingerprint density at radius 2 is 1.94 bits per heavy atom. The van der Waals surface area contributed by atoms with Crippen molar-refractivity contribution < 1.29 is 27.4 Å². The van der Waals surface area contributed by atoms with Crippen LogP contribution in [-0.2, 0) is 13.0 Å².